The van der Waals surface area contributed by atoms with Gasteiger partial charge in [0.15, 0.2) is 17.7 Å². The van der Waals surface area contributed by atoms with Crippen LogP contribution in [0.3, 0.4) is 0 Å². The van der Waals surface area contributed by atoms with E-state index in [2.05, 4.69) is 25.5 Å². The molecule has 0 saturated carbocycles. The number of aromatic nitrogens is 4. The molecule has 1 aliphatic heterocycles. The molecule has 2 aromatic heterocycles. The lowest BCUT2D eigenvalue weighted by Gasteiger charge is -2.16. The number of nitrogens with zero attached hydrogens (tertiary/aromatic N) is 5. The summed E-state index contributed by atoms with van der Waals surface area (Å²) in [6, 6.07) is 7.07. The summed E-state index contributed by atoms with van der Waals surface area (Å²) in [5, 5.41) is 34.2. The van der Waals surface area contributed by atoms with Crippen molar-refractivity contribution in [2.45, 2.75) is 24.5 Å². The molecule has 0 spiro atoms. The second-order valence-corrected chi connectivity index (χ2v) is 6.84. The molecule has 3 heterocycles. The van der Waals surface area contributed by atoms with Crippen LogP contribution in [0.4, 0.5) is 11.8 Å². The predicted molar refractivity (Wildman–Crippen MR) is 105 cm³/mol. The molecule has 1 aliphatic rings. The number of aliphatic hydroxyl groups is 3. The first-order chi connectivity index (χ1) is 14.0. The van der Waals surface area contributed by atoms with Crippen LogP contribution in [0.5, 0.6) is 0 Å². The Morgan fingerprint density at radius 3 is 2.69 bits per heavy atom. The van der Waals surface area contributed by atoms with E-state index in [1.807, 2.05) is 0 Å². The smallest absolute Gasteiger partial charge is 0.247 e. The molecule has 4 rings (SSSR count). The molecule has 4 atom stereocenters. The van der Waals surface area contributed by atoms with Crippen LogP contribution in [-0.2, 0) is 4.74 Å². The minimum absolute atomic E-state index is 0.102. The Balaban J connectivity index is 1.61. The van der Waals surface area contributed by atoms with Gasteiger partial charge in [0.1, 0.15) is 23.8 Å². The van der Waals surface area contributed by atoms with Gasteiger partial charge in [0.25, 0.3) is 0 Å². The molecular formula is C17H18ClN7O4. The van der Waals surface area contributed by atoms with Gasteiger partial charge in [-0.25, -0.2) is 10.4 Å². The quantitative estimate of drug-likeness (QED) is 0.285. The molecule has 2 unspecified atom stereocenters. The van der Waals surface area contributed by atoms with Crippen LogP contribution in [0.1, 0.15) is 11.8 Å². The van der Waals surface area contributed by atoms with Crippen LogP contribution >= 0.6 is 11.6 Å². The summed E-state index contributed by atoms with van der Waals surface area (Å²) in [6.07, 6.45) is -1.51. The Labute approximate surface area is 169 Å². The Hall–Kier alpha value is -2.83. The molecule has 29 heavy (non-hydrogen) atoms. The zero-order chi connectivity index (χ0) is 20.5. The van der Waals surface area contributed by atoms with Crippen LogP contribution in [-0.4, -0.2) is 66.0 Å². The number of nitrogens with two attached hydrogens (primary N) is 1. The highest BCUT2D eigenvalue weighted by molar-refractivity contribution is 6.30. The number of ether oxygens (including phenoxy) is 1. The number of nitrogen functional groups attached to an aromatic ring is 1. The van der Waals surface area contributed by atoms with E-state index < -0.39 is 31.1 Å². The zero-order valence-electron chi connectivity index (χ0n) is 14.9. The zero-order valence-corrected chi connectivity index (χ0v) is 15.7. The van der Waals surface area contributed by atoms with Crippen LogP contribution < -0.4 is 11.2 Å². The number of hydrogen-bond donors (Lipinski definition) is 5. The molecule has 0 bridgehead atoms. The molecule has 0 aliphatic carbocycles. The van der Waals surface area contributed by atoms with Gasteiger partial charge in [0.05, 0.1) is 19.1 Å². The summed E-state index contributed by atoms with van der Waals surface area (Å²) in [5.74, 6) is 0.207. The number of fused-ring (bicyclic) bond motifs is 1. The molecule has 1 fully saturated rings. The number of aliphatic hydroxyl groups excluding tert-OH is 3. The molecule has 1 aromatic carbocycles. The van der Waals surface area contributed by atoms with E-state index in [1.165, 1.54) is 10.9 Å². The van der Waals surface area contributed by atoms with Crippen molar-refractivity contribution in [3.63, 3.8) is 0 Å². The van der Waals surface area contributed by atoms with E-state index in [-0.39, 0.29) is 17.4 Å². The van der Waals surface area contributed by atoms with Gasteiger partial charge >= 0.3 is 0 Å². The molecule has 0 radical (unpaired) electrons. The van der Waals surface area contributed by atoms with Crippen LogP contribution in [0.25, 0.3) is 11.2 Å². The Bertz CT molecular complexity index is 1040. The monoisotopic (exact) mass is 419 g/mol. The van der Waals surface area contributed by atoms with Crippen molar-refractivity contribution in [1.29, 1.82) is 0 Å². The molecule has 0 amide bonds. The fourth-order valence-electron chi connectivity index (χ4n) is 3.00. The van der Waals surface area contributed by atoms with Gasteiger partial charge in [0, 0.05) is 5.02 Å². The van der Waals surface area contributed by atoms with Crippen molar-refractivity contribution < 1.29 is 20.1 Å². The second-order valence-electron chi connectivity index (χ2n) is 6.41. The third kappa shape index (κ3) is 3.73. The normalized spacial score (nSPS) is 24.6. The highest BCUT2D eigenvalue weighted by atomic mass is 35.5. The van der Waals surface area contributed by atoms with Crippen molar-refractivity contribution in [1.82, 2.24) is 19.5 Å². The highest BCUT2D eigenvalue weighted by Gasteiger charge is 2.44. The van der Waals surface area contributed by atoms with Gasteiger partial charge < -0.3 is 25.8 Å². The summed E-state index contributed by atoms with van der Waals surface area (Å²) >= 11 is 5.85. The van der Waals surface area contributed by atoms with Gasteiger partial charge in [-0.05, 0) is 17.7 Å². The summed E-state index contributed by atoms with van der Waals surface area (Å²) in [6.45, 7) is -0.440. The van der Waals surface area contributed by atoms with Gasteiger partial charge in [0.2, 0.25) is 5.95 Å². The first-order valence-corrected chi connectivity index (χ1v) is 9.03. The number of hydrazone groups is 1. The van der Waals surface area contributed by atoms with Crippen LogP contribution in [0.15, 0.2) is 35.7 Å². The van der Waals surface area contributed by atoms with E-state index in [4.69, 9.17) is 22.1 Å². The Kier molecular flexibility index (Phi) is 5.30. The average Bonchev–Trinajstić information content (AvgIpc) is 3.25. The van der Waals surface area contributed by atoms with Crippen LogP contribution in [0.2, 0.25) is 5.02 Å². The predicted octanol–water partition coefficient (Wildman–Crippen LogP) is 0.119. The topological polar surface area (TPSA) is 164 Å². The third-order valence-electron chi connectivity index (χ3n) is 4.49. The minimum atomic E-state index is -1.28. The number of benzene rings is 1. The van der Waals surface area contributed by atoms with Crippen molar-refractivity contribution in [3.05, 3.63) is 41.2 Å². The lowest BCUT2D eigenvalue weighted by atomic mass is 10.1. The third-order valence-corrected chi connectivity index (χ3v) is 4.74. The van der Waals surface area contributed by atoms with E-state index >= 15 is 0 Å². The van der Waals surface area contributed by atoms with E-state index in [0.717, 1.165) is 5.56 Å². The first kappa shape index (κ1) is 19.5. The number of nitrogens with one attached hydrogen (secondary N) is 1. The summed E-state index contributed by atoms with van der Waals surface area (Å²) in [5.41, 5.74) is 10.0. The number of halogens is 1. The molecule has 12 heteroatoms. The summed E-state index contributed by atoms with van der Waals surface area (Å²) in [4.78, 5) is 12.6. The minimum Gasteiger partial charge on any atom is -0.394 e. The van der Waals surface area contributed by atoms with Gasteiger partial charge in [-0.2, -0.15) is 15.1 Å². The maximum atomic E-state index is 10.3. The molecule has 3 aromatic rings. The SMILES string of the molecule is Nc1nc(NN=Cc2ccc(Cl)cc2)nc2c1ncn2[C@@H]1O[C@H](CO)C(O)C1O. The van der Waals surface area contributed by atoms with Gasteiger partial charge in [-0.3, -0.25) is 4.57 Å². The molecule has 6 N–H and O–H groups in total. The Morgan fingerprint density at radius 1 is 1.24 bits per heavy atom. The van der Waals surface area contributed by atoms with Crippen molar-refractivity contribution >= 4 is 40.7 Å². The van der Waals surface area contributed by atoms with Crippen molar-refractivity contribution in [3.8, 4) is 0 Å². The van der Waals surface area contributed by atoms with Crippen molar-refractivity contribution in [2.24, 2.45) is 5.10 Å². The maximum Gasteiger partial charge on any atom is 0.247 e. The average molecular weight is 420 g/mol. The van der Waals surface area contributed by atoms with Gasteiger partial charge in [-0.1, -0.05) is 23.7 Å². The lowest BCUT2D eigenvalue weighted by molar-refractivity contribution is -0.0511. The van der Waals surface area contributed by atoms with Gasteiger partial charge in [-0.15, -0.1) is 0 Å². The summed E-state index contributed by atoms with van der Waals surface area (Å²) in [7, 11) is 0. The second kappa shape index (κ2) is 7.89. The number of hydrogen-bond acceptors (Lipinski definition) is 10. The fraction of sp³-hybridized carbons (Fsp3) is 0.294. The van der Waals surface area contributed by atoms with E-state index in [9.17, 15) is 15.3 Å². The highest BCUT2D eigenvalue weighted by Crippen LogP contribution is 2.32. The lowest BCUT2D eigenvalue weighted by Crippen LogP contribution is -2.33. The number of anilines is 2. The van der Waals surface area contributed by atoms with Crippen molar-refractivity contribution in [2.75, 3.05) is 17.8 Å². The molecule has 1 saturated heterocycles. The fourth-order valence-corrected chi connectivity index (χ4v) is 3.12. The number of rotatable bonds is 5. The summed E-state index contributed by atoms with van der Waals surface area (Å²) < 4.78 is 6.95. The number of imidazole rings is 1. The largest absolute Gasteiger partial charge is 0.394 e. The molecule has 11 nitrogen and oxygen atoms in total. The van der Waals surface area contributed by atoms with E-state index in [0.29, 0.717) is 10.5 Å². The Morgan fingerprint density at radius 2 is 2.00 bits per heavy atom. The molecule has 152 valence electrons. The molecular weight excluding hydrogens is 402 g/mol. The first-order valence-electron chi connectivity index (χ1n) is 8.65. The maximum absolute atomic E-state index is 10.3. The standard InChI is InChI=1S/C17H18ClN7O4/c18-9-3-1-8(2-4-9)5-21-24-17-22-14(19)11-15(23-17)25(7-20-11)16-13(28)12(27)10(6-26)29-16/h1-5,7,10,12-13,16,26-28H,6H2,(H3,19,22,23,24)/t10-,12?,13?,16-/m1/s1. The van der Waals surface area contributed by atoms with Crippen LogP contribution in [0, 0.1) is 0 Å². The van der Waals surface area contributed by atoms with E-state index in [1.54, 1.807) is 30.5 Å².